The molecule has 140 valence electrons. The summed E-state index contributed by atoms with van der Waals surface area (Å²) in [5, 5.41) is 16.8. The van der Waals surface area contributed by atoms with Crippen LogP contribution in [0, 0.1) is 0 Å². The summed E-state index contributed by atoms with van der Waals surface area (Å²) < 4.78 is 0.954. The first-order chi connectivity index (χ1) is 13.0. The molecule has 0 spiro atoms. The number of rotatable bonds is 7. The second kappa shape index (κ2) is 9.11. The van der Waals surface area contributed by atoms with Crippen LogP contribution in [0.2, 0.25) is 10.0 Å². The number of hydrogen-bond acceptors (Lipinski definition) is 3. The van der Waals surface area contributed by atoms with E-state index in [1.165, 1.54) is 11.3 Å². The molecular formula is C20H16BrCl2NO2S. The number of carboxylic acids is 1. The van der Waals surface area contributed by atoms with Crippen LogP contribution in [0.3, 0.4) is 0 Å². The standard InChI is InChI=1S/C20H16BrCl2NO2S/c21-13-8-6-12(7-9-13)15-11-27-19(18(15)20(25)26)24-10-2-3-14-16(22)4-1-5-17(14)23/h1,4-9,11,24H,2-3,10H2,(H,25,26). The normalized spacial score (nSPS) is 10.8. The highest BCUT2D eigenvalue weighted by atomic mass is 79.9. The molecule has 2 N–H and O–H groups in total. The summed E-state index contributed by atoms with van der Waals surface area (Å²) in [6.45, 7) is 0.627. The molecule has 7 heteroatoms. The number of carboxylic acid groups (broad SMARTS) is 1. The molecule has 3 rings (SSSR count). The summed E-state index contributed by atoms with van der Waals surface area (Å²) in [7, 11) is 0. The summed E-state index contributed by atoms with van der Waals surface area (Å²) in [5.41, 5.74) is 2.82. The summed E-state index contributed by atoms with van der Waals surface area (Å²) in [5.74, 6) is -0.939. The van der Waals surface area contributed by atoms with E-state index in [1.807, 2.05) is 47.8 Å². The number of nitrogens with one attached hydrogen (secondary N) is 1. The largest absolute Gasteiger partial charge is 0.478 e. The van der Waals surface area contributed by atoms with Gasteiger partial charge in [0.2, 0.25) is 0 Å². The second-order valence-corrected chi connectivity index (χ2v) is 8.51. The molecule has 2 aromatic carbocycles. The molecule has 0 amide bonds. The molecule has 27 heavy (non-hydrogen) atoms. The van der Waals surface area contributed by atoms with Gasteiger partial charge >= 0.3 is 5.97 Å². The van der Waals surface area contributed by atoms with Crippen LogP contribution in [0.4, 0.5) is 5.00 Å². The van der Waals surface area contributed by atoms with Crippen LogP contribution in [0.25, 0.3) is 11.1 Å². The molecule has 0 radical (unpaired) electrons. The van der Waals surface area contributed by atoms with Crippen molar-refractivity contribution in [2.75, 3.05) is 11.9 Å². The fourth-order valence-electron chi connectivity index (χ4n) is 2.78. The molecule has 0 atom stereocenters. The van der Waals surface area contributed by atoms with E-state index < -0.39 is 5.97 Å². The van der Waals surface area contributed by atoms with Gasteiger partial charge in [0.05, 0.1) is 0 Å². The van der Waals surface area contributed by atoms with Gasteiger partial charge < -0.3 is 10.4 Å². The van der Waals surface area contributed by atoms with Crippen LogP contribution in [-0.4, -0.2) is 17.6 Å². The Morgan fingerprint density at radius 3 is 2.41 bits per heavy atom. The zero-order valence-electron chi connectivity index (χ0n) is 14.1. The average Bonchev–Trinajstić information content (AvgIpc) is 3.05. The molecule has 3 nitrogen and oxygen atoms in total. The molecule has 0 aliphatic heterocycles. The number of hydrogen-bond donors (Lipinski definition) is 2. The van der Waals surface area contributed by atoms with Crippen molar-refractivity contribution in [2.24, 2.45) is 0 Å². The third-order valence-electron chi connectivity index (χ3n) is 4.11. The average molecular weight is 485 g/mol. The minimum atomic E-state index is -0.939. The van der Waals surface area contributed by atoms with Crippen LogP contribution in [-0.2, 0) is 6.42 Å². The SMILES string of the molecule is O=C(O)c1c(-c2ccc(Br)cc2)csc1NCCCc1c(Cl)cccc1Cl. The van der Waals surface area contributed by atoms with Crippen molar-refractivity contribution in [3.05, 3.63) is 73.5 Å². The third kappa shape index (κ3) is 4.85. The molecule has 3 aromatic rings. The van der Waals surface area contributed by atoms with Crippen LogP contribution in [0.1, 0.15) is 22.3 Å². The van der Waals surface area contributed by atoms with E-state index in [2.05, 4.69) is 21.2 Å². The Morgan fingerprint density at radius 2 is 1.78 bits per heavy atom. The molecule has 0 saturated heterocycles. The monoisotopic (exact) mass is 483 g/mol. The maximum atomic E-state index is 11.8. The first-order valence-corrected chi connectivity index (χ1v) is 10.7. The number of thiophene rings is 1. The van der Waals surface area contributed by atoms with Gasteiger partial charge in [-0.1, -0.05) is 57.3 Å². The molecule has 1 heterocycles. The lowest BCUT2D eigenvalue weighted by Gasteiger charge is -2.09. The van der Waals surface area contributed by atoms with Crippen molar-refractivity contribution in [3.8, 4) is 11.1 Å². The summed E-state index contributed by atoms with van der Waals surface area (Å²) in [6.07, 6.45) is 1.51. The van der Waals surface area contributed by atoms with Gasteiger partial charge in [0.25, 0.3) is 0 Å². The predicted octanol–water partition coefficient (Wildman–Crippen LogP) is 7.23. The van der Waals surface area contributed by atoms with Crippen molar-refractivity contribution >= 4 is 61.4 Å². The van der Waals surface area contributed by atoms with E-state index >= 15 is 0 Å². The van der Waals surface area contributed by atoms with E-state index in [0.717, 1.165) is 34.0 Å². The smallest absolute Gasteiger partial charge is 0.339 e. The second-order valence-electron chi connectivity index (χ2n) is 5.90. The van der Waals surface area contributed by atoms with Gasteiger partial charge in [-0.05, 0) is 48.2 Å². The Balaban J connectivity index is 1.70. The Labute approximate surface area is 180 Å². The van der Waals surface area contributed by atoms with E-state index in [0.29, 0.717) is 27.2 Å². The minimum Gasteiger partial charge on any atom is -0.478 e. The van der Waals surface area contributed by atoms with Gasteiger partial charge in [-0.25, -0.2) is 4.79 Å². The van der Waals surface area contributed by atoms with E-state index in [4.69, 9.17) is 23.2 Å². The Hall–Kier alpha value is -1.53. The maximum absolute atomic E-state index is 11.8. The zero-order chi connectivity index (χ0) is 19.4. The zero-order valence-corrected chi connectivity index (χ0v) is 18.1. The highest BCUT2D eigenvalue weighted by molar-refractivity contribution is 9.10. The van der Waals surface area contributed by atoms with Crippen molar-refractivity contribution in [1.82, 2.24) is 0 Å². The quantitative estimate of drug-likeness (QED) is 0.348. The molecule has 1 aromatic heterocycles. The summed E-state index contributed by atoms with van der Waals surface area (Å²) >= 11 is 17.2. The predicted molar refractivity (Wildman–Crippen MR) is 118 cm³/mol. The maximum Gasteiger partial charge on any atom is 0.339 e. The molecule has 0 saturated carbocycles. The molecular weight excluding hydrogens is 469 g/mol. The van der Waals surface area contributed by atoms with Crippen LogP contribution in [0.5, 0.6) is 0 Å². The number of benzene rings is 2. The molecule has 0 fully saturated rings. The van der Waals surface area contributed by atoms with Crippen molar-refractivity contribution in [1.29, 1.82) is 0 Å². The van der Waals surface area contributed by atoms with Crippen molar-refractivity contribution in [2.45, 2.75) is 12.8 Å². The first kappa shape index (κ1) is 20.2. The Bertz CT molecular complexity index is 937. The van der Waals surface area contributed by atoms with Crippen LogP contribution >= 0.6 is 50.5 Å². The van der Waals surface area contributed by atoms with Gasteiger partial charge in [0.15, 0.2) is 0 Å². The number of anilines is 1. The fourth-order valence-corrected chi connectivity index (χ4v) is 4.62. The fraction of sp³-hybridized carbons (Fsp3) is 0.150. The highest BCUT2D eigenvalue weighted by Crippen LogP contribution is 2.36. The van der Waals surface area contributed by atoms with Gasteiger partial charge in [0.1, 0.15) is 10.6 Å². The topological polar surface area (TPSA) is 49.3 Å². The molecule has 0 bridgehead atoms. The van der Waals surface area contributed by atoms with Crippen molar-refractivity contribution < 1.29 is 9.90 Å². The highest BCUT2D eigenvalue weighted by Gasteiger charge is 2.19. The first-order valence-electron chi connectivity index (χ1n) is 8.25. The minimum absolute atomic E-state index is 0.304. The third-order valence-corrected chi connectivity index (χ3v) is 6.29. The molecule has 0 unspecified atom stereocenters. The number of halogens is 3. The molecule has 0 aliphatic rings. The lowest BCUT2D eigenvalue weighted by Crippen LogP contribution is -2.07. The van der Waals surface area contributed by atoms with Gasteiger partial charge in [0, 0.05) is 32.0 Å². The lowest BCUT2D eigenvalue weighted by atomic mass is 10.0. The summed E-state index contributed by atoms with van der Waals surface area (Å²) in [4.78, 5) is 11.8. The number of aromatic carboxylic acids is 1. The van der Waals surface area contributed by atoms with E-state index in [9.17, 15) is 9.90 Å². The van der Waals surface area contributed by atoms with E-state index in [1.54, 1.807) is 0 Å². The van der Waals surface area contributed by atoms with Gasteiger partial charge in [-0.15, -0.1) is 11.3 Å². The Morgan fingerprint density at radius 1 is 1.11 bits per heavy atom. The van der Waals surface area contributed by atoms with E-state index in [-0.39, 0.29) is 0 Å². The molecule has 0 aliphatic carbocycles. The lowest BCUT2D eigenvalue weighted by molar-refractivity contribution is 0.0699. The van der Waals surface area contributed by atoms with Crippen LogP contribution < -0.4 is 5.32 Å². The Kier molecular flexibility index (Phi) is 6.82. The van der Waals surface area contributed by atoms with Crippen LogP contribution in [0.15, 0.2) is 52.3 Å². The number of carbonyl (C=O) groups is 1. The summed E-state index contributed by atoms with van der Waals surface area (Å²) in [6, 6.07) is 13.1. The van der Waals surface area contributed by atoms with Gasteiger partial charge in [-0.3, -0.25) is 0 Å². The van der Waals surface area contributed by atoms with Gasteiger partial charge in [-0.2, -0.15) is 0 Å². The van der Waals surface area contributed by atoms with Crippen molar-refractivity contribution in [3.63, 3.8) is 0 Å².